The van der Waals surface area contributed by atoms with Crippen LogP contribution in [0.4, 0.5) is 0 Å². The Balaban J connectivity index is 1.61. The van der Waals surface area contributed by atoms with Crippen LogP contribution in [0.1, 0.15) is 158 Å². The first-order valence-corrected chi connectivity index (χ1v) is 26.1. The highest BCUT2D eigenvalue weighted by atomic mass is 79.9. The normalized spacial score (nSPS) is 21.3. The fourth-order valence-electron chi connectivity index (χ4n) is 7.45. The van der Waals surface area contributed by atoms with E-state index in [1.807, 2.05) is 0 Å². The molecule has 4 rings (SSSR count). The highest BCUT2D eigenvalue weighted by Crippen LogP contribution is 2.60. The monoisotopic (exact) mass is 978 g/mol. The summed E-state index contributed by atoms with van der Waals surface area (Å²) in [4.78, 5) is 1.81. The van der Waals surface area contributed by atoms with Crippen LogP contribution in [0.15, 0.2) is 7.57 Å². The summed E-state index contributed by atoms with van der Waals surface area (Å²) in [5.74, 6) is 2.38. The Hall–Kier alpha value is -0.600. The molecular formula is C46H76Br2O8S2. The third-order valence-electron chi connectivity index (χ3n) is 12.0. The predicted molar refractivity (Wildman–Crippen MR) is 248 cm³/mol. The van der Waals surface area contributed by atoms with E-state index in [0.717, 1.165) is 68.7 Å². The van der Waals surface area contributed by atoms with Crippen LogP contribution in [0.5, 0.6) is 23.0 Å². The summed E-state index contributed by atoms with van der Waals surface area (Å²) in [6, 6.07) is 0. The van der Waals surface area contributed by atoms with E-state index < -0.39 is 11.6 Å². The Kier molecular flexibility index (Phi) is 22.5. The molecule has 0 spiro atoms. The molecule has 4 heterocycles. The Morgan fingerprint density at radius 3 is 0.948 bits per heavy atom. The molecule has 2 aliphatic rings. The lowest BCUT2D eigenvalue weighted by atomic mass is 10.00. The van der Waals surface area contributed by atoms with E-state index in [9.17, 15) is 0 Å². The summed E-state index contributed by atoms with van der Waals surface area (Å²) in [6.45, 7) is 21.3. The van der Waals surface area contributed by atoms with E-state index in [-0.39, 0.29) is 26.4 Å². The minimum atomic E-state index is -1.03. The molecular weight excluding hydrogens is 904 g/mol. The van der Waals surface area contributed by atoms with Gasteiger partial charge in [-0.25, -0.2) is 0 Å². The molecule has 4 unspecified atom stereocenters. The van der Waals surface area contributed by atoms with Gasteiger partial charge in [0.25, 0.3) is 0 Å². The zero-order valence-corrected chi connectivity index (χ0v) is 41.9. The van der Waals surface area contributed by atoms with E-state index in [0.29, 0.717) is 73.1 Å². The van der Waals surface area contributed by atoms with Crippen LogP contribution in [-0.4, -0.2) is 64.4 Å². The molecule has 4 atom stereocenters. The van der Waals surface area contributed by atoms with Gasteiger partial charge in [-0.05, 0) is 81.2 Å². The average Bonchev–Trinajstić information content (AvgIpc) is 3.55. The van der Waals surface area contributed by atoms with Gasteiger partial charge in [0, 0.05) is 0 Å². The molecule has 2 aromatic rings. The minimum Gasteiger partial charge on any atom is -0.482 e. The van der Waals surface area contributed by atoms with Gasteiger partial charge < -0.3 is 37.9 Å². The van der Waals surface area contributed by atoms with Crippen LogP contribution >= 0.6 is 54.5 Å². The van der Waals surface area contributed by atoms with Crippen LogP contribution in [0.3, 0.4) is 0 Å². The minimum absolute atomic E-state index is 0.217. The van der Waals surface area contributed by atoms with Gasteiger partial charge in [0.15, 0.2) is 23.0 Å². The van der Waals surface area contributed by atoms with E-state index >= 15 is 0 Å². The van der Waals surface area contributed by atoms with Crippen LogP contribution in [0.2, 0.25) is 0 Å². The summed E-state index contributed by atoms with van der Waals surface area (Å²) in [5, 5.41) is 0. The summed E-state index contributed by atoms with van der Waals surface area (Å²) in [7, 11) is 0. The molecule has 334 valence electrons. The van der Waals surface area contributed by atoms with Crippen molar-refractivity contribution in [1.29, 1.82) is 0 Å². The number of hydrogen-bond acceptors (Lipinski definition) is 10. The van der Waals surface area contributed by atoms with Crippen molar-refractivity contribution in [3.8, 4) is 32.8 Å². The quantitative estimate of drug-likeness (QED) is 0.0747. The van der Waals surface area contributed by atoms with Crippen molar-refractivity contribution in [2.24, 2.45) is 23.7 Å². The molecule has 2 aromatic heterocycles. The lowest BCUT2D eigenvalue weighted by Gasteiger charge is -2.34. The van der Waals surface area contributed by atoms with Crippen molar-refractivity contribution >= 4 is 54.5 Å². The average molecular weight is 981 g/mol. The van der Waals surface area contributed by atoms with Crippen LogP contribution in [0, 0.1) is 23.7 Å². The predicted octanol–water partition coefficient (Wildman–Crippen LogP) is 14.9. The topological polar surface area (TPSA) is 73.8 Å². The first-order chi connectivity index (χ1) is 28.1. The summed E-state index contributed by atoms with van der Waals surface area (Å²) >= 11 is 10.8. The fraction of sp³-hybridized carbons (Fsp3) is 0.826. The molecule has 0 amide bonds. The third kappa shape index (κ3) is 14.2. The molecule has 0 N–H and O–H groups in total. The van der Waals surface area contributed by atoms with Crippen LogP contribution < -0.4 is 18.9 Å². The van der Waals surface area contributed by atoms with Gasteiger partial charge in [-0.15, -0.1) is 22.7 Å². The lowest BCUT2D eigenvalue weighted by Crippen LogP contribution is -2.48. The molecule has 0 radical (unpaired) electrons. The molecule has 0 aliphatic carbocycles. The molecule has 0 fully saturated rings. The third-order valence-corrected chi connectivity index (χ3v) is 15.8. The van der Waals surface area contributed by atoms with Crippen LogP contribution in [-0.2, 0) is 18.9 Å². The molecule has 2 aliphatic heterocycles. The smallest absolute Gasteiger partial charge is 0.238 e. The van der Waals surface area contributed by atoms with Crippen molar-refractivity contribution in [1.82, 2.24) is 0 Å². The molecule has 0 aromatic carbocycles. The van der Waals surface area contributed by atoms with Crippen molar-refractivity contribution in [3.05, 3.63) is 7.57 Å². The second kappa shape index (κ2) is 26.1. The molecule has 0 saturated heterocycles. The van der Waals surface area contributed by atoms with Crippen molar-refractivity contribution < 1.29 is 37.9 Å². The zero-order valence-electron chi connectivity index (χ0n) is 37.1. The van der Waals surface area contributed by atoms with Crippen molar-refractivity contribution in [3.63, 3.8) is 0 Å². The molecule has 12 heteroatoms. The van der Waals surface area contributed by atoms with E-state index in [2.05, 4.69) is 87.2 Å². The van der Waals surface area contributed by atoms with Crippen molar-refractivity contribution in [2.45, 2.75) is 170 Å². The zero-order chi connectivity index (χ0) is 42.0. The van der Waals surface area contributed by atoms with E-state index in [1.165, 1.54) is 51.4 Å². The Labute approximate surface area is 376 Å². The fourth-order valence-corrected chi connectivity index (χ4v) is 11.0. The number of unbranched alkanes of at least 4 members (excludes halogenated alkanes) is 4. The number of fused-ring (bicyclic) bond motifs is 2. The Bertz CT molecular complexity index is 1300. The summed E-state index contributed by atoms with van der Waals surface area (Å²) in [6.07, 6.45) is 18.2. The number of rotatable bonds is 29. The number of thiophene rings is 2. The number of halogens is 2. The summed E-state index contributed by atoms with van der Waals surface area (Å²) in [5.41, 5.74) is 0. The van der Waals surface area contributed by atoms with E-state index in [1.54, 1.807) is 22.7 Å². The van der Waals surface area contributed by atoms with Gasteiger partial charge in [-0.1, -0.05) is 132 Å². The maximum Gasteiger partial charge on any atom is 0.238 e. The highest BCUT2D eigenvalue weighted by Gasteiger charge is 2.44. The number of ether oxygens (including phenoxy) is 8. The van der Waals surface area contributed by atoms with Crippen LogP contribution in [0.25, 0.3) is 9.75 Å². The largest absolute Gasteiger partial charge is 0.482 e. The molecule has 8 nitrogen and oxygen atoms in total. The summed E-state index contributed by atoms with van der Waals surface area (Å²) < 4.78 is 55.8. The Morgan fingerprint density at radius 2 is 0.707 bits per heavy atom. The molecule has 0 bridgehead atoms. The SMILES string of the molecule is CCCCC(CC)COC1(OCC(CC)CCCC)COc2c(Br)sc(-c3sc(Br)c4c3OCC(OCC(CC)CCCC)(OCC(CC)CCCC)CO4)c2OC1. The van der Waals surface area contributed by atoms with Gasteiger partial charge in [-0.2, -0.15) is 0 Å². The molecule has 0 saturated carbocycles. The maximum absolute atomic E-state index is 6.81. The van der Waals surface area contributed by atoms with E-state index in [4.69, 9.17) is 37.9 Å². The first kappa shape index (κ1) is 50.0. The van der Waals surface area contributed by atoms with Gasteiger partial charge >= 0.3 is 0 Å². The van der Waals surface area contributed by atoms with Gasteiger partial charge in [0.1, 0.15) is 34.0 Å². The van der Waals surface area contributed by atoms with Gasteiger partial charge in [0.05, 0.1) is 36.2 Å². The van der Waals surface area contributed by atoms with Crippen molar-refractivity contribution in [2.75, 3.05) is 52.9 Å². The lowest BCUT2D eigenvalue weighted by molar-refractivity contribution is -0.269. The molecule has 58 heavy (non-hydrogen) atoms. The Morgan fingerprint density at radius 1 is 0.448 bits per heavy atom. The number of hydrogen-bond donors (Lipinski definition) is 0. The van der Waals surface area contributed by atoms with Gasteiger partial charge in [-0.3, -0.25) is 0 Å². The first-order valence-electron chi connectivity index (χ1n) is 22.9. The maximum atomic E-state index is 6.81. The van der Waals surface area contributed by atoms with Gasteiger partial charge in [0.2, 0.25) is 11.6 Å². The standard InChI is InChI=1S/C46H76Br2O8S2/c1-9-17-21-33(13-5)25-53-45(54-26-34(14-6)22-18-10-2)29-49-37-39(51-31-45)43(47)57-41(37)42-38-40(44(48)58-42)52-32-46(30-50-38,55-27-35(15-7)23-19-11-3)56-28-36(16-8)24-20-12-4/h33-36H,9-32H2,1-8H3. The highest BCUT2D eigenvalue weighted by molar-refractivity contribution is 9.11. The second-order valence-corrected chi connectivity index (χ2v) is 21.3. The second-order valence-electron chi connectivity index (χ2n) is 16.6.